The molecule has 1 aliphatic heterocycles. The Kier molecular flexibility index (Phi) is 4.39. The van der Waals surface area contributed by atoms with E-state index in [1.165, 1.54) is 12.2 Å². The summed E-state index contributed by atoms with van der Waals surface area (Å²) in [5.74, 6) is 1.79. The molecule has 0 amide bonds. The highest BCUT2D eigenvalue weighted by Crippen LogP contribution is 2.25. The molecule has 0 aromatic carbocycles. The number of fused-ring (bicyclic) bond motifs is 1. The number of nitrogens with zero attached hydrogens (tertiary/aromatic N) is 4. The van der Waals surface area contributed by atoms with Crippen molar-refractivity contribution in [2.75, 3.05) is 31.2 Å². The predicted molar refractivity (Wildman–Crippen MR) is 83.8 cm³/mol. The van der Waals surface area contributed by atoms with Crippen LogP contribution in [0, 0.1) is 5.92 Å². The van der Waals surface area contributed by atoms with E-state index in [0.29, 0.717) is 5.92 Å². The molecule has 1 aliphatic rings. The molecular formula is C16H24N4O. The van der Waals surface area contributed by atoms with E-state index in [1.54, 1.807) is 0 Å². The minimum atomic E-state index is 0.625. The molecule has 0 bridgehead atoms. The van der Waals surface area contributed by atoms with Crippen LogP contribution in [0.2, 0.25) is 0 Å². The molecule has 0 N–H and O–H groups in total. The summed E-state index contributed by atoms with van der Waals surface area (Å²) in [4.78, 5) is 7.03. The number of ether oxygens (including phenoxy) is 1. The van der Waals surface area contributed by atoms with E-state index in [0.717, 1.165) is 50.5 Å². The van der Waals surface area contributed by atoms with Gasteiger partial charge < -0.3 is 9.64 Å². The van der Waals surface area contributed by atoms with Crippen LogP contribution in [0.25, 0.3) is 5.65 Å². The third-order valence-corrected chi connectivity index (χ3v) is 4.07. The van der Waals surface area contributed by atoms with Gasteiger partial charge in [-0.3, -0.25) is 0 Å². The third kappa shape index (κ3) is 3.02. The van der Waals surface area contributed by atoms with Crippen molar-refractivity contribution < 1.29 is 4.74 Å². The molecule has 3 heterocycles. The normalized spacial score (nSPS) is 18.8. The lowest BCUT2D eigenvalue weighted by molar-refractivity contribution is 0.106. The van der Waals surface area contributed by atoms with E-state index < -0.39 is 0 Å². The van der Waals surface area contributed by atoms with Crippen LogP contribution in [0.4, 0.5) is 5.82 Å². The number of aromatic nitrogens is 3. The van der Waals surface area contributed by atoms with Gasteiger partial charge in [-0.15, -0.1) is 0 Å². The molecule has 5 nitrogen and oxygen atoms in total. The lowest BCUT2D eigenvalue weighted by Crippen LogP contribution is -2.24. The summed E-state index contributed by atoms with van der Waals surface area (Å²) in [5, 5.41) is 4.42. The van der Waals surface area contributed by atoms with Gasteiger partial charge in [0.05, 0.1) is 12.8 Å². The number of rotatable bonds is 6. The van der Waals surface area contributed by atoms with Gasteiger partial charge in [0.1, 0.15) is 5.82 Å². The molecule has 5 heteroatoms. The van der Waals surface area contributed by atoms with Crippen LogP contribution in [0.1, 0.15) is 32.4 Å². The molecule has 1 fully saturated rings. The van der Waals surface area contributed by atoms with Crippen molar-refractivity contribution in [2.45, 2.75) is 33.1 Å². The van der Waals surface area contributed by atoms with Gasteiger partial charge in [-0.05, 0) is 19.3 Å². The van der Waals surface area contributed by atoms with Crippen molar-refractivity contribution in [1.29, 1.82) is 0 Å². The topological polar surface area (TPSA) is 42.7 Å². The van der Waals surface area contributed by atoms with Crippen LogP contribution in [0.5, 0.6) is 0 Å². The van der Waals surface area contributed by atoms with E-state index in [4.69, 9.17) is 4.74 Å². The number of anilines is 1. The predicted octanol–water partition coefficient (Wildman–Crippen LogP) is 2.54. The number of hydrogen-bond donors (Lipinski definition) is 0. The van der Waals surface area contributed by atoms with Crippen molar-refractivity contribution >= 4 is 11.5 Å². The fraction of sp³-hybridized carbons (Fsp3) is 0.625. The molecule has 0 spiro atoms. The first-order valence-electron chi connectivity index (χ1n) is 7.98. The van der Waals surface area contributed by atoms with Gasteiger partial charge in [0.2, 0.25) is 0 Å². The molecule has 21 heavy (non-hydrogen) atoms. The standard InChI is InChI=1S/C16H24N4O/c1-3-9-21-12-13-6-8-19(11-13)16-10-14(4-2)18-15-5-7-17-20(15)16/h5,7,10,13H,3-4,6,8-9,11-12H2,1-2H3/t13-/m1/s1. The summed E-state index contributed by atoms with van der Waals surface area (Å²) in [7, 11) is 0. The van der Waals surface area contributed by atoms with Gasteiger partial charge in [-0.2, -0.15) is 9.61 Å². The minimum absolute atomic E-state index is 0.625. The van der Waals surface area contributed by atoms with Gasteiger partial charge in [0.15, 0.2) is 5.65 Å². The Morgan fingerprint density at radius 2 is 2.29 bits per heavy atom. The molecule has 1 saturated heterocycles. The van der Waals surface area contributed by atoms with Crippen LogP contribution < -0.4 is 4.90 Å². The fourth-order valence-electron chi connectivity index (χ4n) is 2.92. The van der Waals surface area contributed by atoms with Crippen LogP contribution in [0.3, 0.4) is 0 Å². The first kappa shape index (κ1) is 14.3. The lowest BCUT2D eigenvalue weighted by atomic mass is 10.1. The smallest absolute Gasteiger partial charge is 0.157 e. The van der Waals surface area contributed by atoms with Gasteiger partial charge in [-0.1, -0.05) is 13.8 Å². The number of hydrogen-bond acceptors (Lipinski definition) is 4. The van der Waals surface area contributed by atoms with Gasteiger partial charge in [0.25, 0.3) is 0 Å². The van der Waals surface area contributed by atoms with Crippen molar-refractivity contribution in [3.63, 3.8) is 0 Å². The average Bonchev–Trinajstić information content (AvgIpc) is 3.15. The van der Waals surface area contributed by atoms with Crippen molar-refractivity contribution in [3.05, 3.63) is 24.0 Å². The zero-order valence-corrected chi connectivity index (χ0v) is 13.0. The van der Waals surface area contributed by atoms with E-state index in [-0.39, 0.29) is 0 Å². The second-order valence-corrected chi connectivity index (χ2v) is 5.74. The first-order chi connectivity index (χ1) is 10.3. The van der Waals surface area contributed by atoms with Crippen molar-refractivity contribution in [3.8, 4) is 0 Å². The number of aryl methyl sites for hydroxylation is 1. The third-order valence-electron chi connectivity index (χ3n) is 4.07. The average molecular weight is 288 g/mol. The molecule has 2 aromatic heterocycles. The first-order valence-corrected chi connectivity index (χ1v) is 7.98. The molecule has 1 atom stereocenters. The quantitative estimate of drug-likeness (QED) is 0.766. The Morgan fingerprint density at radius 3 is 3.10 bits per heavy atom. The molecule has 0 saturated carbocycles. The van der Waals surface area contributed by atoms with E-state index >= 15 is 0 Å². The van der Waals surface area contributed by atoms with Crippen molar-refractivity contribution in [2.24, 2.45) is 5.92 Å². The van der Waals surface area contributed by atoms with Crippen LogP contribution in [-0.2, 0) is 11.2 Å². The minimum Gasteiger partial charge on any atom is -0.381 e. The molecule has 114 valence electrons. The molecule has 0 unspecified atom stereocenters. The lowest BCUT2D eigenvalue weighted by Gasteiger charge is -2.20. The van der Waals surface area contributed by atoms with Crippen LogP contribution in [0.15, 0.2) is 18.3 Å². The molecule has 3 rings (SSSR count). The summed E-state index contributed by atoms with van der Waals surface area (Å²) >= 11 is 0. The van der Waals surface area contributed by atoms with Gasteiger partial charge in [-0.25, -0.2) is 4.98 Å². The molecule has 0 aliphatic carbocycles. The summed E-state index contributed by atoms with van der Waals surface area (Å²) in [6.45, 7) is 8.16. The molecule has 2 aromatic rings. The van der Waals surface area contributed by atoms with E-state index in [1.807, 2.05) is 16.8 Å². The van der Waals surface area contributed by atoms with Gasteiger partial charge in [0, 0.05) is 43.4 Å². The summed E-state index contributed by atoms with van der Waals surface area (Å²) in [6.07, 6.45) is 5.06. The Balaban J connectivity index is 1.76. The fourth-order valence-corrected chi connectivity index (χ4v) is 2.92. The highest BCUT2D eigenvalue weighted by atomic mass is 16.5. The Bertz CT molecular complexity index is 595. The van der Waals surface area contributed by atoms with E-state index in [2.05, 4.69) is 34.9 Å². The highest BCUT2D eigenvalue weighted by Gasteiger charge is 2.25. The maximum absolute atomic E-state index is 5.71. The molecule has 0 radical (unpaired) electrons. The maximum Gasteiger partial charge on any atom is 0.157 e. The largest absolute Gasteiger partial charge is 0.381 e. The second kappa shape index (κ2) is 6.43. The van der Waals surface area contributed by atoms with Crippen LogP contribution >= 0.6 is 0 Å². The Morgan fingerprint density at radius 1 is 1.38 bits per heavy atom. The van der Waals surface area contributed by atoms with Crippen LogP contribution in [-0.4, -0.2) is 40.9 Å². The second-order valence-electron chi connectivity index (χ2n) is 5.74. The zero-order chi connectivity index (χ0) is 14.7. The molecular weight excluding hydrogens is 264 g/mol. The summed E-state index contributed by atoms with van der Waals surface area (Å²) in [6, 6.07) is 4.15. The Hall–Kier alpha value is -1.62. The van der Waals surface area contributed by atoms with E-state index in [9.17, 15) is 0 Å². The van der Waals surface area contributed by atoms with Gasteiger partial charge >= 0.3 is 0 Å². The highest BCUT2D eigenvalue weighted by molar-refractivity contribution is 5.51. The maximum atomic E-state index is 5.71. The zero-order valence-electron chi connectivity index (χ0n) is 13.0. The summed E-state index contributed by atoms with van der Waals surface area (Å²) in [5.41, 5.74) is 2.07. The summed E-state index contributed by atoms with van der Waals surface area (Å²) < 4.78 is 7.66. The van der Waals surface area contributed by atoms with Crippen molar-refractivity contribution in [1.82, 2.24) is 14.6 Å². The Labute approximate surface area is 125 Å². The monoisotopic (exact) mass is 288 g/mol. The SMILES string of the molecule is CCCOC[C@@H]1CCN(c2cc(CC)nc3ccnn23)C1.